The van der Waals surface area contributed by atoms with Gasteiger partial charge in [-0.15, -0.1) is 24.8 Å². The Kier molecular flexibility index (Phi) is 11.0. The summed E-state index contributed by atoms with van der Waals surface area (Å²) in [6.07, 6.45) is 5.03. The molecule has 4 nitrogen and oxygen atoms in total. The quantitative estimate of drug-likeness (QED) is 0.730. The number of carbonyl (C=O) groups is 1. The van der Waals surface area contributed by atoms with Crippen molar-refractivity contribution >= 4 is 30.7 Å². The molecule has 0 bridgehead atoms. The number of nitrogens with one attached hydrogen (secondary N) is 2. The van der Waals surface area contributed by atoms with E-state index in [1.165, 1.54) is 0 Å². The largest absolute Gasteiger partial charge is 0.350 e. The van der Waals surface area contributed by atoms with Crippen molar-refractivity contribution in [2.45, 2.75) is 25.8 Å². The van der Waals surface area contributed by atoms with Crippen LogP contribution in [0.3, 0.4) is 0 Å². The van der Waals surface area contributed by atoms with Gasteiger partial charge in [0.2, 0.25) is 5.91 Å². The third kappa shape index (κ3) is 6.87. The molecule has 2 N–H and O–H groups in total. The fraction of sp³-hybridized carbons (Fsp3) is 0.333. The first-order valence-corrected chi connectivity index (χ1v) is 7.65. The first kappa shape index (κ1) is 22.4. The predicted molar refractivity (Wildman–Crippen MR) is 104 cm³/mol. The maximum absolute atomic E-state index is 11.8. The molecular weight excluding hydrogens is 345 g/mol. The van der Waals surface area contributed by atoms with Crippen molar-refractivity contribution < 1.29 is 4.79 Å². The van der Waals surface area contributed by atoms with Gasteiger partial charge in [0.1, 0.15) is 0 Å². The summed E-state index contributed by atoms with van der Waals surface area (Å²) in [5.74, 6) is 0.0964. The third-order valence-corrected chi connectivity index (χ3v) is 3.61. The molecule has 1 unspecified atom stereocenters. The highest BCUT2D eigenvalue weighted by Gasteiger charge is 2.09. The highest BCUT2D eigenvalue weighted by Crippen LogP contribution is 2.21. The summed E-state index contributed by atoms with van der Waals surface area (Å²) in [4.78, 5) is 16.0. The van der Waals surface area contributed by atoms with Crippen molar-refractivity contribution in [2.24, 2.45) is 0 Å². The van der Waals surface area contributed by atoms with Gasteiger partial charge in [0.05, 0.1) is 6.04 Å². The Morgan fingerprint density at radius 1 is 1.12 bits per heavy atom. The van der Waals surface area contributed by atoms with E-state index < -0.39 is 0 Å². The number of hydrogen-bond donors (Lipinski definition) is 2. The molecule has 1 amide bonds. The molecule has 1 aromatic carbocycles. The van der Waals surface area contributed by atoms with Gasteiger partial charge in [-0.05, 0) is 49.7 Å². The molecule has 0 saturated carbocycles. The highest BCUT2D eigenvalue weighted by molar-refractivity contribution is 5.85. The number of hydrogen-bond acceptors (Lipinski definition) is 3. The Morgan fingerprint density at radius 3 is 2.42 bits per heavy atom. The zero-order valence-electron chi connectivity index (χ0n) is 14.0. The molecular formula is C18H25Cl2N3O. The normalized spacial score (nSPS) is 10.9. The van der Waals surface area contributed by atoms with E-state index >= 15 is 0 Å². The van der Waals surface area contributed by atoms with Crippen LogP contribution < -0.4 is 10.6 Å². The summed E-state index contributed by atoms with van der Waals surface area (Å²) >= 11 is 0. The molecule has 1 atom stereocenters. The molecule has 0 aliphatic carbocycles. The van der Waals surface area contributed by atoms with Crippen LogP contribution in [0.15, 0.2) is 48.8 Å². The number of benzene rings is 1. The first-order valence-electron chi connectivity index (χ1n) is 7.65. The topological polar surface area (TPSA) is 54.0 Å². The van der Waals surface area contributed by atoms with E-state index in [2.05, 4.69) is 39.9 Å². The maximum Gasteiger partial charge on any atom is 0.220 e. The SMILES string of the molecule is CNCCCC(=O)NC(C)c1ccc(-c2cccnc2)cc1.Cl.Cl. The molecule has 6 heteroatoms. The molecule has 0 radical (unpaired) electrons. The van der Waals surface area contributed by atoms with Gasteiger partial charge in [-0.1, -0.05) is 30.3 Å². The van der Waals surface area contributed by atoms with Crippen molar-refractivity contribution in [1.82, 2.24) is 15.6 Å². The van der Waals surface area contributed by atoms with Crippen LogP contribution in [0.2, 0.25) is 0 Å². The van der Waals surface area contributed by atoms with Gasteiger partial charge in [0, 0.05) is 18.8 Å². The van der Waals surface area contributed by atoms with Crippen LogP contribution in [-0.4, -0.2) is 24.5 Å². The maximum atomic E-state index is 11.8. The molecule has 2 aromatic rings. The molecule has 0 saturated heterocycles. The number of halogens is 2. The molecule has 0 aliphatic rings. The fourth-order valence-corrected chi connectivity index (χ4v) is 2.32. The monoisotopic (exact) mass is 369 g/mol. The lowest BCUT2D eigenvalue weighted by atomic mass is 10.0. The van der Waals surface area contributed by atoms with Crippen molar-refractivity contribution in [3.05, 3.63) is 54.4 Å². The number of nitrogens with zero attached hydrogens (tertiary/aromatic N) is 1. The minimum absolute atomic E-state index is 0. The number of amides is 1. The van der Waals surface area contributed by atoms with E-state index in [4.69, 9.17) is 0 Å². The van der Waals surface area contributed by atoms with Gasteiger partial charge in [0.15, 0.2) is 0 Å². The Labute approximate surface area is 156 Å². The lowest BCUT2D eigenvalue weighted by molar-refractivity contribution is -0.121. The molecule has 132 valence electrons. The minimum Gasteiger partial charge on any atom is -0.350 e. The predicted octanol–water partition coefficient (Wildman–Crippen LogP) is 3.77. The third-order valence-electron chi connectivity index (χ3n) is 3.61. The van der Waals surface area contributed by atoms with E-state index in [1.54, 1.807) is 6.20 Å². The Hall–Kier alpha value is -1.62. The van der Waals surface area contributed by atoms with E-state index in [9.17, 15) is 4.79 Å². The van der Waals surface area contributed by atoms with Crippen LogP contribution in [0.5, 0.6) is 0 Å². The summed E-state index contributed by atoms with van der Waals surface area (Å²) in [7, 11) is 1.89. The fourth-order valence-electron chi connectivity index (χ4n) is 2.32. The lowest BCUT2D eigenvalue weighted by Crippen LogP contribution is -2.27. The van der Waals surface area contributed by atoms with Gasteiger partial charge in [-0.2, -0.15) is 0 Å². The van der Waals surface area contributed by atoms with Crippen molar-refractivity contribution in [3.63, 3.8) is 0 Å². The molecule has 1 heterocycles. The van der Waals surface area contributed by atoms with Crippen molar-refractivity contribution in [1.29, 1.82) is 0 Å². The van der Waals surface area contributed by atoms with Gasteiger partial charge >= 0.3 is 0 Å². The van der Waals surface area contributed by atoms with E-state index in [1.807, 2.05) is 32.3 Å². The summed E-state index contributed by atoms with van der Waals surface area (Å²) < 4.78 is 0. The summed E-state index contributed by atoms with van der Waals surface area (Å²) in [5.41, 5.74) is 3.33. The van der Waals surface area contributed by atoms with Crippen LogP contribution in [-0.2, 0) is 4.79 Å². The second-order valence-corrected chi connectivity index (χ2v) is 5.36. The van der Waals surface area contributed by atoms with E-state index in [-0.39, 0.29) is 36.8 Å². The average Bonchev–Trinajstić information content (AvgIpc) is 2.56. The van der Waals surface area contributed by atoms with E-state index in [0.29, 0.717) is 6.42 Å². The molecule has 0 spiro atoms. The van der Waals surface area contributed by atoms with Gasteiger partial charge in [-0.25, -0.2) is 0 Å². The molecule has 1 aromatic heterocycles. The number of aromatic nitrogens is 1. The lowest BCUT2D eigenvalue weighted by Gasteiger charge is -2.15. The van der Waals surface area contributed by atoms with Crippen LogP contribution in [0.25, 0.3) is 11.1 Å². The van der Waals surface area contributed by atoms with Crippen LogP contribution >= 0.6 is 24.8 Å². The van der Waals surface area contributed by atoms with Gasteiger partial charge in [0.25, 0.3) is 0 Å². The standard InChI is InChI=1S/C18H23N3O.2ClH/c1-14(21-18(22)6-4-11-19-2)15-7-9-16(10-8-15)17-5-3-12-20-13-17;;/h3,5,7-10,12-14,19H,4,6,11H2,1-2H3,(H,21,22);2*1H. The number of carbonyl (C=O) groups excluding carboxylic acids is 1. The van der Waals surface area contributed by atoms with Gasteiger partial charge < -0.3 is 10.6 Å². The molecule has 24 heavy (non-hydrogen) atoms. The van der Waals surface area contributed by atoms with E-state index in [0.717, 1.165) is 29.7 Å². The summed E-state index contributed by atoms with van der Waals surface area (Å²) in [6, 6.07) is 12.2. The molecule has 2 rings (SSSR count). The molecule has 0 aliphatic heterocycles. The molecule has 0 fully saturated rings. The van der Waals surface area contributed by atoms with Crippen molar-refractivity contribution in [2.75, 3.05) is 13.6 Å². The minimum atomic E-state index is 0. The second-order valence-electron chi connectivity index (χ2n) is 5.36. The zero-order valence-corrected chi connectivity index (χ0v) is 15.6. The number of rotatable bonds is 7. The van der Waals surface area contributed by atoms with Gasteiger partial charge in [-0.3, -0.25) is 9.78 Å². The van der Waals surface area contributed by atoms with Crippen LogP contribution in [0, 0.1) is 0 Å². The van der Waals surface area contributed by atoms with Crippen LogP contribution in [0.4, 0.5) is 0 Å². The first-order chi connectivity index (χ1) is 10.7. The average molecular weight is 370 g/mol. The summed E-state index contributed by atoms with van der Waals surface area (Å²) in [6.45, 7) is 2.87. The highest BCUT2D eigenvalue weighted by atomic mass is 35.5. The number of pyridine rings is 1. The van der Waals surface area contributed by atoms with Crippen molar-refractivity contribution in [3.8, 4) is 11.1 Å². The summed E-state index contributed by atoms with van der Waals surface area (Å²) in [5, 5.41) is 6.08. The second kappa shape index (κ2) is 11.8. The Bertz CT molecular complexity index is 591. The Morgan fingerprint density at radius 2 is 1.83 bits per heavy atom. The zero-order chi connectivity index (χ0) is 15.8. The Balaban J connectivity index is 0.00000264. The smallest absolute Gasteiger partial charge is 0.220 e. The van der Waals surface area contributed by atoms with Crippen LogP contribution in [0.1, 0.15) is 31.4 Å².